The summed E-state index contributed by atoms with van der Waals surface area (Å²) >= 11 is 0. The lowest BCUT2D eigenvalue weighted by Crippen LogP contribution is -2.46. The van der Waals surface area contributed by atoms with Gasteiger partial charge in [-0.3, -0.25) is 4.79 Å². The Bertz CT molecular complexity index is 690. The summed E-state index contributed by atoms with van der Waals surface area (Å²) in [6.45, 7) is 9.83. The molecular formula is C20H30N4O4. The average Bonchev–Trinajstić information content (AvgIpc) is 2.67. The lowest BCUT2D eigenvalue weighted by atomic mass is 10.0. The van der Waals surface area contributed by atoms with Gasteiger partial charge in [0.1, 0.15) is 11.4 Å². The van der Waals surface area contributed by atoms with Gasteiger partial charge in [0.05, 0.1) is 24.5 Å². The quantitative estimate of drug-likeness (QED) is 0.789. The van der Waals surface area contributed by atoms with Gasteiger partial charge in [0.2, 0.25) is 0 Å². The number of amides is 1. The van der Waals surface area contributed by atoms with Crippen LogP contribution < -0.4 is 15.1 Å². The van der Waals surface area contributed by atoms with Crippen molar-refractivity contribution < 1.29 is 19.1 Å². The van der Waals surface area contributed by atoms with E-state index in [-0.39, 0.29) is 12.1 Å². The van der Waals surface area contributed by atoms with Crippen molar-refractivity contribution >= 4 is 23.9 Å². The van der Waals surface area contributed by atoms with E-state index >= 15 is 0 Å². The van der Waals surface area contributed by atoms with E-state index in [1.807, 2.05) is 26.8 Å². The maximum absolute atomic E-state index is 12.0. The molecule has 1 N–H and O–H groups in total. The number of nitrogens with zero attached hydrogens (tertiary/aromatic N) is 3. The minimum Gasteiger partial charge on any atom is -0.444 e. The SMILES string of the molecule is CC(C)(C)OC(=O)NC1CCN(c2ccnc(N3CCOCC3)c2C=O)CC1. The number of ether oxygens (including phenoxy) is 2. The number of anilines is 2. The first-order valence-corrected chi connectivity index (χ1v) is 9.89. The van der Waals surface area contributed by atoms with Crippen molar-refractivity contribution in [2.45, 2.75) is 45.3 Å². The molecule has 3 rings (SSSR count). The molecule has 154 valence electrons. The normalized spacial score (nSPS) is 18.7. The first kappa shape index (κ1) is 20.4. The summed E-state index contributed by atoms with van der Waals surface area (Å²) in [5.74, 6) is 0.727. The molecule has 0 aliphatic carbocycles. The van der Waals surface area contributed by atoms with Gasteiger partial charge in [-0.2, -0.15) is 0 Å². The molecule has 0 atom stereocenters. The number of rotatable bonds is 4. The highest BCUT2D eigenvalue weighted by molar-refractivity contribution is 5.91. The number of aldehydes is 1. The minimum absolute atomic E-state index is 0.0753. The zero-order chi connectivity index (χ0) is 20.1. The molecule has 0 unspecified atom stereocenters. The second kappa shape index (κ2) is 8.77. The number of aromatic nitrogens is 1. The van der Waals surface area contributed by atoms with Crippen LogP contribution in [0.3, 0.4) is 0 Å². The summed E-state index contributed by atoms with van der Waals surface area (Å²) in [5.41, 5.74) is 1.03. The molecule has 0 saturated carbocycles. The molecule has 2 fully saturated rings. The van der Waals surface area contributed by atoms with Crippen LogP contribution >= 0.6 is 0 Å². The minimum atomic E-state index is -0.503. The molecule has 0 radical (unpaired) electrons. The van der Waals surface area contributed by atoms with Crippen LogP contribution in [0.25, 0.3) is 0 Å². The molecule has 2 aliphatic rings. The van der Waals surface area contributed by atoms with Gasteiger partial charge in [0.15, 0.2) is 6.29 Å². The lowest BCUT2D eigenvalue weighted by Gasteiger charge is -2.36. The van der Waals surface area contributed by atoms with E-state index in [9.17, 15) is 9.59 Å². The van der Waals surface area contributed by atoms with Crippen molar-refractivity contribution in [2.24, 2.45) is 0 Å². The smallest absolute Gasteiger partial charge is 0.407 e. The molecule has 28 heavy (non-hydrogen) atoms. The zero-order valence-corrected chi connectivity index (χ0v) is 16.9. The summed E-state index contributed by atoms with van der Waals surface area (Å²) in [4.78, 5) is 32.6. The van der Waals surface area contributed by atoms with Crippen LogP contribution in [0.5, 0.6) is 0 Å². The van der Waals surface area contributed by atoms with Crippen molar-refractivity contribution in [1.82, 2.24) is 10.3 Å². The molecule has 1 aromatic heterocycles. The Hall–Kier alpha value is -2.35. The van der Waals surface area contributed by atoms with Gasteiger partial charge < -0.3 is 24.6 Å². The molecular weight excluding hydrogens is 360 g/mol. The summed E-state index contributed by atoms with van der Waals surface area (Å²) in [5, 5.41) is 2.95. The number of piperidine rings is 1. The number of carbonyl (C=O) groups is 2. The van der Waals surface area contributed by atoms with Crippen LogP contribution in [0.15, 0.2) is 12.3 Å². The molecule has 8 nitrogen and oxygen atoms in total. The lowest BCUT2D eigenvalue weighted by molar-refractivity contribution is 0.0497. The van der Waals surface area contributed by atoms with E-state index in [0.717, 1.165) is 56.8 Å². The van der Waals surface area contributed by atoms with Crippen molar-refractivity contribution in [3.8, 4) is 0 Å². The van der Waals surface area contributed by atoms with Crippen LogP contribution in [-0.2, 0) is 9.47 Å². The molecule has 1 aromatic rings. The number of hydrogen-bond acceptors (Lipinski definition) is 7. The molecule has 8 heteroatoms. The van der Waals surface area contributed by atoms with Gasteiger partial charge in [0.25, 0.3) is 0 Å². The fourth-order valence-corrected chi connectivity index (χ4v) is 3.61. The summed E-state index contributed by atoms with van der Waals surface area (Å²) < 4.78 is 10.7. The van der Waals surface area contributed by atoms with Crippen molar-refractivity contribution in [3.63, 3.8) is 0 Å². The van der Waals surface area contributed by atoms with Crippen LogP contribution in [0.4, 0.5) is 16.3 Å². The third-order valence-corrected chi connectivity index (χ3v) is 4.93. The van der Waals surface area contributed by atoms with Crippen LogP contribution in [0.2, 0.25) is 0 Å². The Labute approximate surface area is 166 Å². The van der Waals surface area contributed by atoms with Crippen molar-refractivity contribution in [3.05, 3.63) is 17.8 Å². The molecule has 2 saturated heterocycles. The van der Waals surface area contributed by atoms with Gasteiger partial charge in [-0.25, -0.2) is 9.78 Å². The molecule has 3 heterocycles. The molecule has 2 aliphatic heterocycles. The number of hydrogen-bond donors (Lipinski definition) is 1. The maximum atomic E-state index is 12.0. The van der Waals surface area contributed by atoms with Gasteiger partial charge in [-0.15, -0.1) is 0 Å². The predicted molar refractivity (Wildman–Crippen MR) is 107 cm³/mol. The maximum Gasteiger partial charge on any atom is 0.407 e. The Balaban J connectivity index is 1.64. The molecule has 0 aromatic carbocycles. The molecule has 1 amide bonds. The number of pyridine rings is 1. The second-order valence-electron chi connectivity index (χ2n) is 8.19. The van der Waals surface area contributed by atoms with Crippen molar-refractivity contribution in [1.29, 1.82) is 0 Å². The zero-order valence-electron chi connectivity index (χ0n) is 16.9. The Morgan fingerprint density at radius 3 is 2.50 bits per heavy atom. The number of alkyl carbamates (subject to hydrolysis) is 1. The van der Waals surface area contributed by atoms with Crippen LogP contribution in [0, 0.1) is 0 Å². The third-order valence-electron chi connectivity index (χ3n) is 4.93. The van der Waals surface area contributed by atoms with E-state index < -0.39 is 5.60 Å². The number of nitrogens with one attached hydrogen (secondary N) is 1. The fourth-order valence-electron chi connectivity index (χ4n) is 3.61. The third kappa shape index (κ3) is 5.13. The van der Waals surface area contributed by atoms with Gasteiger partial charge in [-0.05, 0) is 39.7 Å². The van der Waals surface area contributed by atoms with E-state index in [1.165, 1.54) is 0 Å². The second-order valence-corrected chi connectivity index (χ2v) is 8.19. The summed E-state index contributed by atoms with van der Waals surface area (Å²) in [6.07, 6.45) is 3.88. The number of morpholine rings is 1. The van der Waals surface area contributed by atoms with Crippen LogP contribution in [-0.4, -0.2) is 68.4 Å². The van der Waals surface area contributed by atoms with Gasteiger partial charge >= 0.3 is 6.09 Å². The Morgan fingerprint density at radius 1 is 1.21 bits per heavy atom. The molecule has 0 bridgehead atoms. The fraction of sp³-hybridized carbons (Fsp3) is 0.650. The average molecular weight is 390 g/mol. The monoisotopic (exact) mass is 390 g/mol. The van der Waals surface area contributed by atoms with Gasteiger partial charge in [0, 0.05) is 38.4 Å². The molecule has 0 spiro atoms. The summed E-state index contributed by atoms with van der Waals surface area (Å²) in [7, 11) is 0. The first-order chi connectivity index (χ1) is 13.4. The largest absolute Gasteiger partial charge is 0.444 e. The van der Waals surface area contributed by atoms with E-state index in [1.54, 1.807) is 6.20 Å². The highest BCUT2D eigenvalue weighted by Gasteiger charge is 2.26. The Morgan fingerprint density at radius 2 is 1.89 bits per heavy atom. The van der Waals surface area contributed by atoms with E-state index in [0.29, 0.717) is 18.8 Å². The van der Waals surface area contributed by atoms with Crippen molar-refractivity contribution in [2.75, 3.05) is 49.2 Å². The van der Waals surface area contributed by atoms with Gasteiger partial charge in [-0.1, -0.05) is 0 Å². The summed E-state index contributed by atoms with van der Waals surface area (Å²) in [6, 6.07) is 1.97. The van der Waals surface area contributed by atoms with E-state index in [4.69, 9.17) is 9.47 Å². The van der Waals surface area contributed by atoms with E-state index in [2.05, 4.69) is 20.1 Å². The number of carbonyl (C=O) groups excluding carboxylic acids is 2. The first-order valence-electron chi connectivity index (χ1n) is 9.89. The Kier molecular flexibility index (Phi) is 6.39. The predicted octanol–water partition coefficient (Wildman–Crippen LogP) is 2.22. The topological polar surface area (TPSA) is 84.0 Å². The van der Waals surface area contributed by atoms with Crippen LogP contribution in [0.1, 0.15) is 44.0 Å². The highest BCUT2D eigenvalue weighted by atomic mass is 16.6. The standard InChI is InChI=1S/C20H30N4O4/c1-20(2,3)28-19(26)22-15-5-8-23(9-6-15)17-4-7-21-18(16(17)14-25)24-10-12-27-13-11-24/h4,7,14-15H,5-6,8-13H2,1-3H3,(H,22,26). The highest BCUT2D eigenvalue weighted by Crippen LogP contribution is 2.29.